The summed E-state index contributed by atoms with van der Waals surface area (Å²) in [5.74, 6) is -0.190. The molecule has 1 atom stereocenters. The molecule has 0 bridgehead atoms. The molecule has 1 unspecified atom stereocenters. The molecule has 3 heterocycles. The van der Waals surface area contributed by atoms with Crippen molar-refractivity contribution in [3.05, 3.63) is 42.2 Å². The van der Waals surface area contributed by atoms with Crippen molar-refractivity contribution in [2.45, 2.75) is 19.4 Å². The zero-order chi connectivity index (χ0) is 17.9. The van der Waals surface area contributed by atoms with Crippen LogP contribution in [0.4, 0.5) is 6.01 Å². The molecule has 0 spiro atoms. The van der Waals surface area contributed by atoms with E-state index in [1.54, 1.807) is 4.68 Å². The quantitative estimate of drug-likeness (QED) is 0.740. The number of benzene rings is 1. The van der Waals surface area contributed by atoms with Crippen LogP contribution in [0.5, 0.6) is 0 Å². The maximum absolute atomic E-state index is 10.9. The SMILES string of the molecule is O=C(O)c1cn(CC2CCCN(c3nc(-c4ccccc4)no3)C2)nn1. The molecule has 4 rings (SSSR count). The smallest absolute Gasteiger partial charge is 0.358 e. The summed E-state index contributed by atoms with van der Waals surface area (Å²) < 4.78 is 7.03. The summed E-state index contributed by atoms with van der Waals surface area (Å²) in [6.07, 6.45) is 3.48. The number of aromatic nitrogens is 5. The zero-order valence-corrected chi connectivity index (χ0v) is 14.0. The summed E-state index contributed by atoms with van der Waals surface area (Å²) in [7, 11) is 0. The van der Waals surface area contributed by atoms with Crippen molar-refractivity contribution in [2.75, 3.05) is 18.0 Å². The second-order valence-corrected chi connectivity index (χ2v) is 6.35. The molecular formula is C17H18N6O3. The third-order valence-corrected chi connectivity index (χ3v) is 4.44. The fourth-order valence-electron chi connectivity index (χ4n) is 3.19. The molecule has 1 fully saturated rings. The van der Waals surface area contributed by atoms with Crippen molar-refractivity contribution in [3.63, 3.8) is 0 Å². The molecule has 9 nitrogen and oxygen atoms in total. The molecule has 1 N–H and O–H groups in total. The van der Waals surface area contributed by atoms with Gasteiger partial charge in [-0.25, -0.2) is 4.79 Å². The zero-order valence-electron chi connectivity index (χ0n) is 14.0. The van der Waals surface area contributed by atoms with Gasteiger partial charge in [0.2, 0.25) is 5.82 Å². The third kappa shape index (κ3) is 3.41. The fourth-order valence-corrected chi connectivity index (χ4v) is 3.19. The maximum Gasteiger partial charge on any atom is 0.358 e. The van der Waals surface area contributed by atoms with E-state index >= 15 is 0 Å². The first kappa shape index (κ1) is 16.2. The molecule has 3 aromatic rings. The normalized spacial score (nSPS) is 17.4. The van der Waals surface area contributed by atoms with Crippen molar-refractivity contribution in [3.8, 4) is 11.4 Å². The number of hydrogen-bond donors (Lipinski definition) is 1. The van der Waals surface area contributed by atoms with Crippen LogP contribution in [0.2, 0.25) is 0 Å². The van der Waals surface area contributed by atoms with Crippen LogP contribution >= 0.6 is 0 Å². The minimum Gasteiger partial charge on any atom is -0.476 e. The van der Waals surface area contributed by atoms with Gasteiger partial charge in [0.1, 0.15) is 0 Å². The lowest BCUT2D eigenvalue weighted by Crippen LogP contribution is -2.37. The van der Waals surface area contributed by atoms with Crippen molar-refractivity contribution in [1.29, 1.82) is 0 Å². The summed E-state index contributed by atoms with van der Waals surface area (Å²) >= 11 is 0. The molecule has 1 aliphatic heterocycles. The number of anilines is 1. The minimum absolute atomic E-state index is 0.0398. The summed E-state index contributed by atoms with van der Waals surface area (Å²) in [5, 5.41) is 20.6. The van der Waals surface area contributed by atoms with E-state index < -0.39 is 5.97 Å². The van der Waals surface area contributed by atoms with Crippen LogP contribution in [0.25, 0.3) is 11.4 Å². The number of hydrogen-bond acceptors (Lipinski definition) is 7. The first-order valence-electron chi connectivity index (χ1n) is 8.46. The molecular weight excluding hydrogens is 336 g/mol. The standard InChI is InChI=1S/C17H18N6O3/c24-16(25)14-11-23(21-19-14)10-12-5-4-8-22(9-12)17-18-15(20-26-17)13-6-2-1-3-7-13/h1-3,6-7,11-12H,4-5,8-10H2,(H,24,25). The van der Waals surface area contributed by atoms with Gasteiger partial charge >= 0.3 is 12.0 Å². The van der Waals surface area contributed by atoms with Gasteiger partial charge in [0.15, 0.2) is 5.69 Å². The highest BCUT2D eigenvalue weighted by atomic mass is 16.5. The Labute approximate surface area is 149 Å². The minimum atomic E-state index is -1.07. The number of carboxylic acid groups (broad SMARTS) is 1. The topological polar surface area (TPSA) is 110 Å². The largest absolute Gasteiger partial charge is 0.476 e. The monoisotopic (exact) mass is 354 g/mol. The molecule has 9 heteroatoms. The van der Waals surface area contributed by atoms with E-state index in [1.807, 2.05) is 30.3 Å². The highest BCUT2D eigenvalue weighted by Gasteiger charge is 2.25. The van der Waals surface area contributed by atoms with Gasteiger partial charge in [-0.15, -0.1) is 5.10 Å². The van der Waals surface area contributed by atoms with Crippen LogP contribution in [-0.2, 0) is 6.54 Å². The van der Waals surface area contributed by atoms with Gasteiger partial charge in [0, 0.05) is 25.2 Å². The number of nitrogens with zero attached hydrogens (tertiary/aromatic N) is 6. The van der Waals surface area contributed by atoms with Gasteiger partial charge in [-0.1, -0.05) is 40.7 Å². The Morgan fingerprint density at radius 1 is 1.31 bits per heavy atom. The highest BCUT2D eigenvalue weighted by molar-refractivity contribution is 5.84. The van der Waals surface area contributed by atoms with Crippen LogP contribution in [0, 0.1) is 5.92 Å². The Bertz CT molecular complexity index is 891. The van der Waals surface area contributed by atoms with Crippen molar-refractivity contribution >= 4 is 12.0 Å². The van der Waals surface area contributed by atoms with Gasteiger partial charge in [0.25, 0.3) is 0 Å². The molecule has 1 saturated heterocycles. The molecule has 1 aliphatic rings. The van der Waals surface area contributed by atoms with Crippen LogP contribution < -0.4 is 4.90 Å². The van der Waals surface area contributed by atoms with E-state index in [0.717, 1.165) is 31.5 Å². The molecule has 26 heavy (non-hydrogen) atoms. The van der Waals surface area contributed by atoms with Crippen molar-refractivity contribution in [1.82, 2.24) is 25.1 Å². The molecule has 0 radical (unpaired) electrons. The second-order valence-electron chi connectivity index (χ2n) is 6.35. The lowest BCUT2D eigenvalue weighted by atomic mass is 9.98. The maximum atomic E-state index is 10.9. The van der Waals surface area contributed by atoms with E-state index in [-0.39, 0.29) is 5.69 Å². The molecule has 1 aromatic carbocycles. The van der Waals surface area contributed by atoms with Crippen molar-refractivity contribution in [2.24, 2.45) is 5.92 Å². The van der Waals surface area contributed by atoms with E-state index in [9.17, 15) is 4.79 Å². The second kappa shape index (κ2) is 6.95. The van der Waals surface area contributed by atoms with Gasteiger partial charge in [-0.3, -0.25) is 4.68 Å². The Hall–Kier alpha value is -3.23. The third-order valence-electron chi connectivity index (χ3n) is 4.44. The number of piperidine rings is 1. The van der Waals surface area contributed by atoms with Gasteiger partial charge in [-0.2, -0.15) is 4.98 Å². The molecule has 0 amide bonds. The predicted molar refractivity (Wildman–Crippen MR) is 91.7 cm³/mol. The lowest BCUT2D eigenvalue weighted by Gasteiger charge is -2.30. The Morgan fingerprint density at radius 3 is 2.92 bits per heavy atom. The van der Waals surface area contributed by atoms with E-state index in [0.29, 0.717) is 24.3 Å². The first-order valence-corrected chi connectivity index (χ1v) is 8.46. The molecule has 134 valence electrons. The molecule has 0 saturated carbocycles. The number of carboxylic acids is 1. The Kier molecular flexibility index (Phi) is 4.34. The van der Waals surface area contributed by atoms with Gasteiger partial charge in [0.05, 0.1) is 6.20 Å². The Balaban J connectivity index is 1.43. The lowest BCUT2D eigenvalue weighted by molar-refractivity contribution is 0.0690. The first-order chi connectivity index (χ1) is 12.7. The van der Waals surface area contributed by atoms with Crippen LogP contribution in [0.15, 0.2) is 41.1 Å². The fraction of sp³-hybridized carbons (Fsp3) is 0.353. The summed E-state index contributed by atoms with van der Waals surface area (Å²) in [4.78, 5) is 17.5. The molecule has 0 aliphatic carbocycles. The summed E-state index contributed by atoms with van der Waals surface area (Å²) in [6.45, 7) is 2.21. The summed E-state index contributed by atoms with van der Waals surface area (Å²) in [5.41, 5.74) is 0.877. The number of aromatic carboxylic acids is 1. The van der Waals surface area contributed by atoms with Gasteiger partial charge in [-0.05, 0) is 18.8 Å². The average Bonchev–Trinajstić information content (AvgIpc) is 3.32. The Morgan fingerprint density at radius 2 is 2.15 bits per heavy atom. The van der Waals surface area contributed by atoms with Crippen LogP contribution in [0.3, 0.4) is 0 Å². The van der Waals surface area contributed by atoms with E-state index in [2.05, 4.69) is 25.4 Å². The highest BCUT2D eigenvalue weighted by Crippen LogP contribution is 2.25. The summed E-state index contributed by atoms with van der Waals surface area (Å²) in [6, 6.07) is 10.2. The number of carbonyl (C=O) groups is 1. The number of rotatable bonds is 5. The van der Waals surface area contributed by atoms with Crippen LogP contribution in [0.1, 0.15) is 23.3 Å². The van der Waals surface area contributed by atoms with Crippen molar-refractivity contribution < 1.29 is 14.4 Å². The van der Waals surface area contributed by atoms with E-state index in [4.69, 9.17) is 9.63 Å². The van der Waals surface area contributed by atoms with Gasteiger partial charge < -0.3 is 14.5 Å². The van der Waals surface area contributed by atoms with Crippen LogP contribution in [-0.4, -0.2) is 49.3 Å². The predicted octanol–water partition coefficient (Wildman–Crippen LogP) is 1.94. The molecule has 2 aromatic heterocycles. The average molecular weight is 354 g/mol. The van der Waals surface area contributed by atoms with E-state index in [1.165, 1.54) is 6.20 Å².